The summed E-state index contributed by atoms with van der Waals surface area (Å²) in [6.07, 6.45) is 0. The smallest absolute Gasteiger partial charge is 0.165 e. The van der Waals surface area contributed by atoms with Crippen molar-refractivity contribution in [3.63, 3.8) is 0 Å². The van der Waals surface area contributed by atoms with Crippen LogP contribution in [0.25, 0.3) is 0 Å². The van der Waals surface area contributed by atoms with Crippen molar-refractivity contribution in [2.45, 2.75) is 20.0 Å². The van der Waals surface area contributed by atoms with Crippen LogP contribution in [0.15, 0.2) is 42.5 Å². The summed E-state index contributed by atoms with van der Waals surface area (Å²) >= 11 is 0. The fraction of sp³-hybridized carbons (Fsp3) is 0.333. The van der Waals surface area contributed by atoms with E-state index in [1.165, 1.54) is 17.2 Å². The first-order valence-corrected chi connectivity index (χ1v) is 7.33. The van der Waals surface area contributed by atoms with Gasteiger partial charge in [0.15, 0.2) is 11.6 Å². The fourth-order valence-corrected chi connectivity index (χ4v) is 2.31. The molecule has 0 saturated carbocycles. The highest BCUT2D eigenvalue weighted by Gasteiger charge is 2.12. The van der Waals surface area contributed by atoms with Crippen molar-refractivity contribution in [3.05, 3.63) is 65.0 Å². The van der Waals surface area contributed by atoms with Crippen LogP contribution in [0.1, 0.15) is 16.7 Å². The Labute approximate surface area is 131 Å². The van der Waals surface area contributed by atoms with Crippen LogP contribution in [-0.2, 0) is 17.8 Å². The van der Waals surface area contributed by atoms with Gasteiger partial charge < -0.3 is 9.84 Å². The van der Waals surface area contributed by atoms with Crippen LogP contribution in [0, 0.1) is 12.7 Å². The Bertz CT molecular complexity index is 599. The zero-order valence-electron chi connectivity index (χ0n) is 13.1. The zero-order valence-corrected chi connectivity index (χ0v) is 13.1. The number of phenols is 1. The number of hydrogen-bond acceptors (Lipinski definition) is 3. The Morgan fingerprint density at radius 1 is 1.09 bits per heavy atom. The number of para-hydroxylation sites is 1. The lowest BCUT2D eigenvalue weighted by molar-refractivity contribution is 0.139. The standard InChI is InChI=1S/C18H22FNO2/c1-14-6-8-15(9-7-14)12-20(10-11-22-2)13-16-4-3-5-17(19)18(16)21/h3-9,21H,10-13H2,1-2H3. The van der Waals surface area contributed by atoms with E-state index in [0.717, 1.165) is 6.54 Å². The number of benzene rings is 2. The molecule has 0 spiro atoms. The second kappa shape index (κ2) is 7.92. The Hall–Kier alpha value is -1.91. The van der Waals surface area contributed by atoms with E-state index in [4.69, 9.17) is 4.74 Å². The monoisotopic (exact) mass is 303 g/mol. The van der Waals surface area contributed by atoms with Crippen molar-refractivity contribution in [3.8, 4) is 5.75 Å². The molecular weight excluding hydrogens is 281 g/mol. The topological polar surface area (TPSA) is 32.7 Å². The Morgan fingerprint density at radius 3 is 2.50 bits per heavy atom. The van der Waals surface area contributed by atoms with Gasteiger partial charge in [0.1, 0.15) is 0 Å². The van der Waals surface area contributed by atoms with Gasteiger partial charge in [-0.3, -0.25) is 4.90 Å². The third kappa shape index (κ3) is 4.55. The number of rotatable bonds is 7. The van der Waals surface area contributed by atoms with E-state index in [1.54, 1.807) is 19.2 Å². The maximum Gasteiger partial charge on any atom is 0.165 e. The molecule has 0 aliphatic heterocycles. The van der Waals surface area contributed by atoms with Crippen LogP contribution in [0.2, 0.25) is 0 Å². The van der Waals surface area contributed by atoms with Crippen LogP contribution >= 0.6 is 0 Å². The lowest BCUT2D eigenvalue weighted by Gasteiger charge is -2.23. The number of nitrogens with zero attached hydrogens (tertiary/aromatic N) is 1. The first kappa shape index (κ1) is 16.5. The summed E-state index contributed by atoms with van der Waals surface area (Å²) in [5, 5.41) is 9.84. The van der Waals surface area contributed by atoms with Crippen LogP contribution < -0.4 is 0 Å². The second-order valence-corrected chi connectivity index (χ2v) is 5.44. The van der Waals surface area contributed by atoms with Crippen molar-refractivity contribution in [2.75, 3.05) is 20.3 Å². The number of hydrogen-bond donors (Lipinski definition) is 1. The van der Waals surface area contributed by atoms with Crippen LogP contribution in [0.4, 0.5) is 4.39 Å². The largest absolute Gasteiger partial charge is 0.505 e. The number of aromatic hydroxyl groups is 1. The number of ether oxygens (including phenoxy) is 1. The summed E-state index contributed by atoms with van der Waals surface area (Å²) in [6.45, 7) is 4.54. The maximum atomic E-state index is 13.5. The molecule has 0 aliphatic rings. The van der Waals surface area contributed by atoms with Crippen LogP contribution in [0.5, 0.6) is 5.75 Å². The first-order valence-electron chi connectivity index (χ1n) is 7.33. The summed E-state index contributed by atoms with van der Waals surface area (Å²) in [4.78, 5) is 2.13. The summed E-state index contributed by atoms with van der Waals surface area (Å²) < 4.78 is 18.6. The van der Waals surface area contributed by atoms with Crippen molar-refractivity contribution in [1.82, 2.24) is 4.90 Å². The van der Waals surface area contributed by atoms with E-state index in [2.05, 4.69) is 36.1 Å². The molecule has 2 aromatic rings. The maximum absolute atomic E-state index is 13.5. The van der Waals surface area contributed by atoms with Gasteiger partial charge in [0, 0.05) is 32.3 Å². The van der Waals surface area contributed by atoms with Crippen molar-refractivity contribution in [1.29, 1.82) is 0 Å². The molecule has 3 nitrogen and oxygen atoms in total. The van der Waals surface area contributed by atoms with Gasteiger partial charge in [0.2, 0.25) is 0 Å². The van der Waals surface area contributed by atoms with Gasteiger partial charge in [-0.05, 0) is 18.6 Å². The highest BCUT2D eigenvalue weighted by Crippen LogP contribution is 2.23. The predicted molar refractivity (Wildman–Crippen MR) is 85.2 cm³/mol. The Balaban J connectivity index is 2.11. The average Bonchev–Trinajstić information content (AvgIpc) is 2.51. The molecule has 0 saturated heterocycles. The van der Waals surface area contributed by atoms with E-state index in [0.29, 0.717) is 25.3 Å². The highest BCUT2D eigenvalue weighted by atomic mass is 19.1. The van der Waals surface area contributed by atoms with Crippen LogP contribution in [-0.4, -0.2) is 30.3 Å². The normalized spacial score (nSPS) is 11.1. The molecular formula is C18H22FNO2. The van der Waals surface area contributed by atoms with Crippen molar-refractivity contribution < 1.29 is 14.2 Å². The minimum absolute atomic E-state index is 0.270. The molecule has 0 heterocycles. The summed E-state index contributed by atoms with van der Waals surface area (Å²) in [5.74, 6) is -0.853. The molecule has 4 heteroatoms. The van der Waals surface area contributed by atoms with E-state index >= 15 is 0 Å². The second-order valence-electron chi connectivity index (χ2n) is 5.44. The highest BCUT2D eigenvalue weighted by molar-refractivity contribution is 5.33. The SMILES string of the molecule is COCCN(Cc1ccc(C)cc1)Cc1cccc(F)c1O. The minimum atomic E-state index is -0.584. The molecule has 2 aromatic carbocycles. The molecule has 22 heavy (non-hydrogen) atoms. The molecule has 0 amide bonds. The number of aryl methyl sites for hydroxylation is 1. The van der Waals surface area contributed by atoms with E-state index < -0.39 is 5.82 Å². The molecule has 0 atom stereocenters. The summed E-state index contributed by atoms with van der Waals surface area (Å²) in [5.41, 5.74) is 2.98. The molecule has 0 aromatic heterocycles. The lowest BCUT2D eigenvalue weighted by Crippen LogP contribution is -2.26. The molecule has 0 fully saturated rings. The quantitative estimate of drug-likeness (QED) is 0.850. The molecule has 0 bridgehead atoms. The van der Waals surface area contributed by atoms with Crippen LogP contribution in [0.3, 0.4) is 0 Å². The lowest BCUT2D eigenvalue weighted by atomic mass is 10.1. The van der Waals surface area contributed by atoms with Crippen molar-refractivity contribution >= 4 is 0 Å². The Morgan fingerprint density at radius 2 is 1.82 bits per heavy atom. The van der Waals surface area contributed by atoms with E-state index in [1.807, 2.05) is 0 Å². The molecule has 0 unspecified atom stereocenters. The van der Waals surface area contributed by atoms with Gasteiger partial charge in [-0.25, -0.2) is 4.39 Å². The first-order chi connectivity index (χ1) is 10.6. The summed E-state index contributed by atoms with van der Waals surface area (Å²) in [7, 11) is 1.66. The third-order valence-electron chi connectivity index (χ3n) is 3.60. The molecule has 2 rings (SSSR count). The van der Waals surface area contributed by atoms with Gasteiger partial charge in [-0.2, -0.15) is 0 Å². The molecule has 0 aliphatic carbocycles. The van der Waals surface area contributed by atoms with Crippen molar-refractivity contribution in [2.24, 2.45) is 0 Å². The van der Waals surface area contributed by atoms with Gasteiger partial charge in [0.25, 0.3) is 0 Å². The fourth-order valence-electron chi connectivity index (χ4n) is 2.31. The number of phenolic OH excluding ortho intramolecular Hbond substituents is 1. The van der Waals surface area contributed by atoms with Gasteiger partial charge in [0.05, 0.1) is 6.61 Å². The molecule has 0 radical (unpaired) electrons. The van der Waals surface area contributed by atoms with Gasteiger partial charge >= 0.3 is 0 Å². The summed E-state index contributed by atoms with van der Waals surface area (Å²) in [6, 6.07) is 12.9. The number of halogens is 1. The van der Waals surface area contributed by atoms with Gasteiger partial charge in [-0.1, -0.05) is 42.0 Å². The Kier molecular flexibility index (Phi) is 5.92. The number of methoxy groups -OCH3 is 1. The third-order valence-corrected chi connectivity index (χ3v) is 3.60. The molecule has 118 valence electrons. The molecule has 1 N–H and O–H groups in total. The zero-order chi connectivity index (χ0) is 15.9. The van der Waals surface area contributed by atoms with Gasteiger partial charge in [-0.15, -0.1) is 0 Å². The predicted octanol–water partition coefficient (Wildman–Crippen LogP) is 3.49. The minimum Gasteiger partial charge on any atom is -0.505 e. The van der Waals surface area contributed by atoms with E-state index in [-0.39, 0.29) is 5.75 Å². The van der Waals surface area contributed by atoms with E-state index in [9.17, 15) is 9.50 Å². The average molecular weight is 303 g/mol.